The first kappa shape index (κ1) is 19.3. The zero-order valence-corrected chi connectivity index (χ0v) is 15.1. The normalized spacial score (nSPS) is 12.4. The summed E-state index contributed by atoms with van der Waals surface area (Å²) in [5, 5.41) is 3.29. The van der Waals surface area contributed by atoms with Gasteiger partial charge in [0.05, 0.1) is 11.6 Å². The van der Waals surface area contributed by atoms with E-state index in [4.69, 9.17) is 16.3 Å². The van der Waals surface area contributed by atoms with Gasteiger partial charge in [0, 0.05) is 12.1 Å². The standard InChI is InChI=1S/C17H25ClN2O3/c1-6-20(11-15(21)19-17(3,4)5)16(22)12(2)23-14-10-8-7-9-13(14)18/h7-10,12H,6,11H2,1-5H3,(H,19,21). The minimum absolute atomic E-state index is 0.00280. The van der Waals surface area contributed by atoms with Crippen LogP contribution in [0.1, 0.15) is 34.6 Å². The molecular formula is C17H25ClN2O3. The molecule has 0 bridgehead atoms. The second-order valence-corrected chi connectivity index (χ2v) is 6.75. The molecule has 1 aromatic carbocycles. The lowest BCUT2D eigenvalue weighted by Crippen LogP contribution is -2.49. The number of rotatable bonds is 6. The molecule has 0 radical (unpaired) electrons. The fraction of sp³-hybridized carbons (Fsp3) is 0.529. The first-order valence-corrected chi connectivity index (χ1v) is 8.03. The summed E-state index contributed by atoms with van der Waals surface area (Å²) in [6.45, 7) is 9.58. The molecule has 0 saturated carbocycles. The number of ether oxygens (including phenoxy) is 1. The third-order valence-corrected chi connectivity index (χ3v) is 3.34. The molecular weight excluding hydrogens is 316 g/mol. The van der Waals surface area contributed by atoms with Crippen LogP contribution >= 0.6 is 11.6 Å². The number of amides is 2. The van der Waals surface area contributed by atoms with E-state index in [9.17, 15) is 9.59 Å². The van der Waals surface area contributed by atoms with Crippen molar-refractivity contribution in [2.24, 2.45) is 0 Å². The molecule has 2 amide bonds. The van der Waals surface area contributed by atoms with Gasteiger partial charge in [-0.05, 0) is 46.8 Å². The van der Waals surface area contributed by atoms with Crippen molar-refractivity contribution < 1.29 is 14.3 Å². The summed E-state index contributed by atoms with van der Waals surface area (Å²) in [5.41, 5.74) is -0.334. The summed E-state index contributed by atoms with van der Waals surface area (Å²) in [7, 11) is 0. The maximum atomic E-state index is 12.5. The highest BCUT2D eigenvalue weighted by molar-refractivity contribution is 6.32. The van der Waals surface area contributed by atoms with Crippen molar-refractivity contribution in [3.05, 3.63) is 29.3 Å². The Morgan fingerprint density at radius 1 is 1.30 bits per heavy atom. The van der Waals surface area contributed by atoms with Crippen molar-refractivity contribution in [2.45, 2.75) is 46.3 Å². The Bertz CT molecular complexity index is 555. The first-order chi connectivity index (χ1) is 10.6. The molecule has 0 saturated heterocycles. The molecule has 1 rings (SSSR count). The third kappa shape index (κ3) is 6.48. The minimum atomic E-state index is -0.725. The molecule has 6 heteroatoms. The number of likely N-dealkylation sites (N-methyl/N-ethyl adjacent to an activating group) is 1. The van der Waals surface area contributed by atoms with Gasteiger partial charge in [-0.1, -0.05) is 23.7 Å². The number of nitrogens with zero attached hydrogens (tertiary/aromatic N) is 1. The predicted octanol–water partition coefficient (Wildman–Crippen LogP) is 2.87. The Balaban J connectivity index is 2.68. The largest absolute Gasteiger partial charge is 0.479 e. The molecule has 0 aromatic heterocycles. The third-order valence-electron chi connectivity index (χ3n) is 3.03. The molecule has 0 aliphatic heterocycles. The van der Waals surface area contributed by atoms with Crippen molar-refractivity contribution in [3.63, 3.8) is 0 Å². The molecule has 1 aromatic rings. The lowest BCUT2D eigenvalue weighted by molar-refractivity contribution is -0.141. The monoisotopic (exact) mass is 340 g/mol. The second kappa shape index (κ2) is 8.20. The smallest absolute Gasteiger partial charge is 0.263 e. The Hall–Kier alpha value is -1.75. The van der Waals surface area contributed by atoms with E-state index in [1.165, 1.54) is 4.90 Å². The van der Waals surface area contributed by atoms with Gasteiger partial charge in [0.15, 0.2) is 6.10 Å². The van der Waals surface area contributed by atoms with E-state index >= 15 is 0 Å². The van der Waals surface area contributed by atoms with Gasteiger partial charge >= 0.3 is 0 Å². The molecule has 0 aliphatic rings. The molecule has 0 heterocycles. The fourth-order valence-electron chi connectivity index (χ4n) is 2.01. The molecule has 0 fully saturated rings. The highest BCUT2D eigenvalue weighted by atomic mass is 35.5. The number of para-hydroxylation sites is 1. The van der Waals surface area contributed by atoms with Gasteiger partial charge in [-0.25, -0.2) is 0 Å². The molecule has 0 spiro atoms. The van der Waals surface area contributed by atoms with Gasteiger partial charge in [-0.2, -0.15) is 0 Å². The molecule has 1 unspecified atom stereocenters. The quantitative estimate of drug-likeness (QED) is 0.866. The molecule has 23 heavy (non-hydrogen) atoms. The summed E-state index contributed by atoms with van der Waals surface area (Å²) >= 11 is 6.03. The second-order valence-electron chi connectivity index (χ2n) is 6.34. The Morgan fingerprint density at radius 3 is 2.43 bits per heavy atom. The van der Waals surface area contributed by atoms with Crippen LogP contribution in [0.3, 0.4) is 0 Å². The Kier molecular flexibility index (Phi) is 6.88. The van der Waals surface area contributed by atoms with Crippen molar-refractivity contribution in [2.75, 3.05) is 13.1 Å². The van der Waals surface area contributed by atoms with Crippen LogP contribution < -0.4 is 10.1 Å². The number of carbonyl (C=O) groups is 2. The van der Waals surface area contributed by atoms with Crippen LogP contribution in [0.15, 0.2) is 24.3 Å². The van der Waals surface area contributed by atoms with Gasteiger partial charge in [-0.15, -0.1) is 0 Å². The van der Waals surface area contributed by atoms with Crippen LogP contribution in [-0.4, -0.2) is 41.4 Å². The predicted molar refractivity (Wildman–Crippen MR) is 91.7 cm³/mol. The molecule has 1 atom stereocenters. The van der Waals surface area contributed by atoms with E-state index in [1.807, 2.05) is 27.7 Å². The minimum Gasteiger partial charge on any atom is -0.479 e. The molecule has 128 valence electrons. The van der Waals surface area contributed by atoms with Crippen LogP contribution in [0, 0.1) is 0 Å². The summed E-state index contributed by atoms with van der Waals surface area (Å²) < 4.78 is 5.62. The van der Waals surface area contributed by atoms with Gasteiger partial charge in [-0.3, -0.25) is 9.59 Å². The van der Waals surface area contributed by atoms with E-state index in [2.05, 4.69) is 5.32 Å². The summed E-state index contributed by atoms with van der Waals surface area (Å²) in [6.07, 6.45) is -0.725. The molecule has 0 aliphatic carbocycles. The highest BCUT2D eigenvalue weighted by Gasteiger charge is 2.24. The van der Waals surface area contributed by atoms with E-state index in [0.29, 0.717) is 17.3 Å². The SMILES string of the molecule is CCN(CC(=O)NC(C)(C)C)C(=O)C(C)Oc1ccccc1Cl. The Morgan fingerprint density at radius 2 is 1.91 bits per heavy atom. The molecule has 1 N–H and O–H groups in total. The number of carbonyl (C=O) groups excluding carboxylic acids is 2. The lowest BCUT2D eigenvalue weighted by atomic mass is 10.1. The van der Waals surface area contributed by atoms with E-state index < -0.39 is 6.10 Å². The highest BCUT2D eigenvalue weighted by Crippen LogP contribution is 2.24. The van der Waals surface area contributed by atoms with Crippen LogP contribution in [0.2, 0.25) is 5.02 Å². The number of benzene rings is 1. The van der Waals surface area contributed by atoms with Crippen molar-refractivity contribution in [1.82, 2.24) is 10.2 Å². The summed E-state index contributed by atoms with van der Waals surface area (Å²) in [4.78, 5) is 25.9. The van der Waals surface area contributed by atoms with E-state index in [0.717, 1.165) is 0 Å². The number of halogens is 1. The van der Waals surface area contributed by atoms with Gasteiger partial charge in [0.25, 0.3) is 5.91 Å². The van der Waals surface area contributed by atoms with Gasteiger partial charge in [0.1, 0.15) is 5.75 Å². The maximum absolute atomic E-state index is 12.5. The van der Waals surface area contributed by atoms with E-state index in [1.54, 1.807) is 31.2 Å². The topological polar surface area (TPSA) is 58.6 Å². The number of nitrogens with one attached hydrogen (secondary N) is 1. The number of hydrogen-bond donors (Lipinski definition) is 1. The zero-order valence-electron chi connectivity index (χ0n) is 14.4. The van der Waals surface area contributed by atoms with Crippen LogP contribution in [0.4, 0.5) is 0 Å². The van der Waals surface area contributed by atoms with Crippen molar-refractivity contribution >= 4 is 23.4 Å². The average Bonchev–Trinajstić information content (AvgIpc) is 2.44. The van der Waals surface area contributed by atoms with Crippen LogP contribution in [-0.2, 0) is 9.59 Å². The zero-order chi connectivity index (χ0) is 17.6. The lowest BCUT2D eigenvalue weighted by Gasteiger charge is -2.27. The van der Waals surface area contributed by atoms with Crippen molar-refractivity contribution in [1.29, 1.82) is 0 Å². The molecule has 5 nitrogen and oxygen atoms in total. The first-order valence-electron chi connectivity index (χ1n) is 7.65. The van der Waals surface area contributed by atoms with Crippen molar-refractivity contribution in [3.8, 4) is 5.75 Å². The summed E-state index contributed by atoms with van der Waals surface area (Å²) in [6, 6.07) is 6.97. The van der Waals surface area contributed by atoms with Gasteiger partial charge in [0.2, 0.25) is 5.91 Å². The fourth-order valence-corrected chi connectivity index (χ4v) is 2.20. The Labute approximate surface area is 142 Å². The van der Waals surface area contributed by atoms with Gasteiger partial charge < -0.3 is 15.0 Å². The van der Waals surface area contributed by atoms with Crippen LogP contribution in [0.25, 0.3) is 0 Å². The number of hydrogen-bond acceptors (Lipinski definition) is 3. The van der Waals surface area contributed by atoms with E-state index in [-0.39, 0.29) is 23.9 Å². The average molecular weight is 341 g/mol. The van der Waals surface area contributed by atoms with Crippen LogP contribution in [0.5, 0.6) is 5.75 Å². The maximum Gasteiger partial charge on any atom is 0.263 e. The summed E-state index contributed by atoms with van der Waals surface area (Å²) in [5.74, 6) is -0.000616.